The number of aliphatic imine (C=N–C) groups is 2. The van der Waals surface area contributed by atoms with E-state index in [1.807, 2.05) is 36.4 Å². The van der Waals surface area contributed by atoms with Crippen LogP contribution in [0.3, 0.4) is 0 Å². The number of nitrogens with zero attached hydrogens (tertiary/aromatic N) is 4. The number of hydrogen-bond donors (Lipinski definition) is 2. The van der Waals surface area contributed by atoms with Gasteiger partial charge in [-0.2, -0.15) is 105 Å². The summed E-state index contributed by atoms with van der Waals surface area (Å²) in [5.41, 5.74) is 1.87. The zero-order valence-corrected chi connectivity index (χ0v) is 39.1. The van der Waals surface area contributed by atoms with Crippen molar-refractivity contribution in [2.24, 2.45) is 9.98 Å². The number of alkyl halides is 24. The third-order valence-electron chi connectivity index (χ3n) is 6.45. The molecule has 0 unspecified atom stereocenters. The molecule has 4 heterocycles. The molecule has 0 radical (unpaired) electrons. The Morgan fingerprint density at radius 2 is 0.592 bits per heavy atom. The molecule has 40 heteroatoms. The average molecular weight is 1320 g/mol. The van der Waals surface area contributed by atoms with Crippen LogP contribution in [0, 0.1) is 0 Å². The molecule has 2 N–H and O–H groups in total. The monoisotopic (exact) mass is 1330 g/mol. The van der Waals surface area contributed by atoms with Gasteiger partial charge < -0.3 is 31.1 Å². The smallest absolute Gasteiger partial charge is 0.869 e. The van der Waals surface area contributed by atoms with Crippen LogP contribution in [0.1, 0.15) is 11.4 Å². The SMILES string of the molecule is O=C(/C=C(\[O-])C(F)(F)F)C(F)(F)F.O=C(/C=C(\[O-])C(F)(F)F)C(F)(F)F.O=C(/C=C(\[O-])C(F)(F)F)C(F)(F)F.O=C(/C=C(\[O-])C(F)(F)F)C(F)(F)F.[Ru+2].[Ru+2].c1ccc(C2=NCCN2)nc1.c1ccc(C2=NCCN2)nc1. The summed E-state index contributed by atoms with van der Waals surface area (Å²) in [5, 5.41) is 45.6. The van der Waals surface area contributed by atoms with Crippen LogP contribution in [0.5, 0.6) is 0 Å². The minimum absolute atomic E-state index is 0. The predicted molar refractivity (Wildman–Crippen MR) is 188 cm³/mol. The van der Waals surface area contributed by atoms with Gasteiger partial charge in [-0.3, -0.25) is 39.1 Å². The Kier molecular flexibility index (Phi) is 31.7. The van der Waals surface area contributed by atoms with Gasteiger partial charge in [0, 0.05) is 25.5 Å². The number of ketones is 4. The van der Waals surface area contributed by atoms with E-state index >= 15 is 0 Å². The molecule has 0 fully saturated rings. The van der Waals surface area contributed by atoms with Gasteiger partial charge in [0.1, 0.15) is 23.1 Å². The summed E-state index contributed by atoms with van der Waals surface area (Å²) in [4.78, 5) is 56.1. The minimum Gasteiger partial charge on any atom is -0.869 e. The Labute approximate surface area is 431 Å². The Bertz CT molecular complexity index is 2090. The van der Waals surface area contributed by atoms with Crippen molar-refractivity contribution in [3.05, 3.63) is 108 Å². The first-order valence-corrected chi connectivity index (χ1v) is 17.8. The van der Waals surface area contributed by atoms with Gasteiger partial charge >= 0.3 is 88.4 Å². The van der Waals surface area contributed by atoms with Gasteiger partial charge in [0.2, 0.25) is 0 Å². The van der Waals surface area contributed by atoms with Crippen molar-refractivity contribution in [2.45, 2.75) is 49.4 Å². The molecule has 0 atom stereocenters. The Morgan fingerprint density at radius 1 is 0.382 bits per heavy atom. The summed E-state index contributed by atoms with van der Waals surface area (Å²) in [6.07, 6.45) is -44.2. The molecule has 428 valence electrons. The van der Waals surface area contributed by atoms with E-state index in [0.717, 1.165) is 49.2 Å². The first-order valence-electron chi connectivity index (χ1n) is 17.8. The van der Waals surface area contributed by atoms with Crippen LogP contribution in [0.15, 0.2) is 106 Å². The van der Waals surface area contributed by atoms with Crippen LogP contribution in [-0.4, -0.2) is 120 Å². The fourth-order valence-electron chi connectivity index (χ4n) is 3.28. The molecule has 2 aliphatic rings. The van der Waals surface area contributed by atoms with Crippen LogP contribution in [-0.2, 0) is 58.1 Å². The first kappa shape index (κ1) is 76.2. The van der Waals surface area contributed by atoms with Crippen molar-refractivity contribution in [2.75, 3.05) is 26.2 Å². The number of hydrogen-bond acceptors (Lipinski definition) is 14. The zero-order valence-electron chi connectivity index (χ0n) is 35.6. The second-order valence-corrected chi connectivity index (χ2v) is 12.2. The van der Waals surface area contributed by atoms with Crippen molar-refractivity contribution in [1.29, 1.82) is 0 Å². The number of amidine groups is 2. The van der Waals surface area contributed by atoms with Gasteiger partial charge in [-0.25, -0.2) is 0 Å². The second-order valence-electron chi connectivity index (χ2n) is 12.2. The maximum absolute atomic E-state index is 11.3. The maximum Gasteiger partial charge on any atom is 2.00 e. The molecular formula is C36H22F24N6O8Ru2. The third-order valence-corrected chi connectivity index (χ3v) is 6.45. The van der Waals surface area contributed by atoms with E-state index in [9.17, 15) is 145 Å². The van der Waals surface area contributed by atoms with E-state index in [-0.39, 0.29) is 39.0 Å². The van der Waals surface area contributed by atoms with Gasteiger partial charge in [-0.05, 0) is 71.6 Å². The standard InChI is InChI=1S/2C8H9N3.4C5H2F6O2.2Ru/c2*1-2-4-9-7(3-1)8-10-5-6-11-8;4*6-4(7,8)2(12)1-3(13)5(9,10)11;;/h2*1-4H,5-6H2,(H,10,11);4*1,12H;;/q;;;;;;2*+2/p-4/b;;4*2-1-;;. The fraction of sp³-hybridized carbons (Fsp3) is 0.333. The number of pyridine rings is 2. The van der Waals surface area contributed by atoms with Gasteiger partial charge in [0.05, 0.1) is 13.1 Å². The quantitative estimate of drug-likeness (QED) is 0.176. The van der Waals surface area contributed by atoms with E-state index in [1.54, 1.807) is 12.4 Å². The number of carbonyl (C=O) groups excluding carboxylic acids is 4. The third kappa shape index (κ3) is 32.8. The van der Waals surface area contributed by atoms with E-state index in [0.29, 0.717) is 0 Å². The molecule has 76 heavy (non-hydrogen) atoms. The molecule has 0 amide bonds. The van der Waals surface area contributed by atoms with Crippen molar-refractivity contribution < 1.29 is 184 Å². The summed E-state index contributed by atoms with van der Waals surface area (Å²) in [7, 11) is 0. The van der Waals surface area contributed by atoms with Crippen LogP contribution in [0.2, 0.25) is 0 Å². The van der Waals surface area contributed by atoms with Gasteiger partial charge in [-0.15, -0.1) is 0 Å². The van der Waals surface area contributed by atoms with E-state index in [2.05, 4.69) is 30.6 Å². The van der Waals surface area contributed by atoms with E-state index < -0.39 is 120 Å². The summed E-state index contributed by atoms with van der Waals surface area (Å²) < 4.78 is 271. The molecule has 2 aliphatic heterocycles. The molecule has 0 saturated carbocycles. The molecule has 2 aromatic heterocycles. The number of allylic oxidation sites excluding steroid dienone is 8. The number of nitrogens with one attached hydrogen (secondary N) is 2. The number of carbonyl (C=O) groups is 4. The zero-order chi connectivity index (χ0) is 58.5. The second kappa shape index (κ2) is 31.6. The number of rotatable bonds is 6. The molecule has 0 spiro atoms. The van der Waals surface area contributed by atoms with Crippen molar-refractivity contribution in [3.63, 3.8) is 0 Å². The van der Waals surface area contributed by atoms with Gasteiger partial charge in [-0.1, -0.05) is 12.1 Å². The van der Waals surface area contributed by atoms with Crippen LogP contribution >= 0.6 is 0 Å². The molecule has 0 saturated heterocycles. The maximum atomic E-state index is 11.3. The summed E-state index contributed by atoms with van der Waals surface area (Å²) >= 11 is 0. The normalized spacial score (nSPS) is 14.5. The summed E-state index contributed by atoms with van der Waals surface area (Å²) in [6.45, 7) is 3.61. The predicted octanol–water partition coefficient (Wildman–Crippen LogP) is 4.56. The topological polar surface area (TPSA) is 235 Å². The van der Waals surface area contributed by atoms with Crippen molar-refractivity contribution in [3.8, 4) is 0 Å². The molecule has 14 nitrogen and oxygen atoms in total. The molecular weight excluding hydrogens is 1300 g/mol. The van der Waals surface area contributed by atoms with Crippen molar-refractivity contribution in [1.82, 2.24) is 20.6 Å². The summed E-state index contributed by atoms with van der Waals surface area (Å²) in [5.74, 6) is -20.8. The van der Waals surface area contributed by atoms with Crippen LogP contribution < -0.4 is 31.1 Å². The van der Waals surface area contributed by atoms with Gasteiger partial charge in [0.25, 0.3) is 23.1 Å². The molecule has 0 aliphatic carbocycles. The van der Waals surface area contributed by atoms with Crippen LogP contribution in [0.4, 0.5) is 105 Å². The number of halogens is 24. The Balaban J connectivity index is -0.000000407. The minimum atomic E-state index is -5.46. The van der Waals surface area contributed by atoms with Gasteiger partial charge in [0.15, 0.2) is 0 Å². The fourth-order valence-corrected chi connectivity index (χ4v) is 3.28. The van der Waals surface area contributed by atoms with Crippen LogP contribution in [0.25, 0.3) is 0 Å². The van der Waals surface area contributed by atoms with E-state index in [1.165, 1.54) is 0 Å². The summed E-state index contributed by atoms with van der Waals surface area (Å²) in [6, 6.07) is 11.6. The Morgan fingerprint density at radius 3 is 0.724 bits per heavy atom. The van der Waals surface area contributed by atoms with Crippen molar-refractivity contribution >= 4 is 34.8 Å². The average Bonchev–Trinajstić information content (AvgIpc) is 3.99. The molecule has 4 rings (SSSR count). The number of aromatic nitrogens is 2. The van der Waals surface area contributed by atoms with E-state index in [4.69, 9.17) is 0 Å². The molecule has 0 aromatic carbocycles. The first-order chi connectivity index (χ1) is 33.1. The molecule has 0 bridgehead atoms. The Hall–Kier alpha value is -6.35. The largest absolute Gasteiger partial charge is 2.00 e. The molecule has 2 aromatic rings.